The summed E-state index contributed by atoms with van der Waals surface area (Å²) in [7, 11) is 0. The molecule has 0 spiro atoms. The number of rotatable bonds is 5. The second-order valence-electron chi connectivity index (χ2n) is 5.83. The van der Waals surface area contributed by atoms with Gasteiger partial charge in [0.15, 0.2) is 17.6 Å². The standard InChI is InChI=1S/C17H24N2O4/c1-2-19(17(20)9-13-10-18-7-8-21-13)11-14-12-22-15-5-3-4-6-16(15)23-14/h3-6,13-14,18H,2,7-12H2,1H3. The van der Waals surface area contributed by atoms with E-state index in [-0.39, 0.29) is 18.1 Å². The van der Waals surface area contributed by atoms with Crippen LogP contribution in [0.25, 0.3) is 0 Å². The van der Waals surface area contributed by atoms with Gasteiger partial charge in [0, 0.05) is 19.6 Å². The SMILES string of the molecule is CCN(CC1COc2ccccc2O1)C(=O)CC1CNCCO1. The van der Waals surface area contributed by atoms with Gasteiger partial charge >= 0.3 is 0 Å². The Morgan fingerprint density at radius 1 is 1.30 bits per heavy atom. The second-order valence-corrected chi connectivity index (χ2v) is 5.83. The zero-order valence-corrected chi connectivity index (χ0v) is 13.5. The molecule has 2 atom stereocenters. The van der Waals surface area contributed by atoms with Crippen molar-refractivity contribution < 1.29 is 19.0 Å². The first kappa shape index (κ1) is 16.1. The molecule has 0 saturated carbocycles. The molecule has 126 valence electrons. The van der Waals surface area contributed by atoms with Crippen molar-refractivity contribution in [1.82, 2.24) is 10.2 Å². The maximum atomic E-state index is 12.5. The molecule has 0 aliphatic carbocycles. The quantitative estimate of drug-likeness (QED) is 0.879. The van der Waals surface area contributed by atoms with E-state index in [0.717, 1.165) is 24.6 Å². The van der Waals surface area contributed by atoms with Crippen LogP contribution in [0.3, 0.4) is 0 Å². The maximum absolute atomic E-state index is 12.5. The number of carbonyl (C=O) groups is 1. The van der Waals surface area contributed by atoms with Gasteiger partial charge in [0.1, 0.15) is 6.61 Å². The minimum absolute atomic E-state index is 0.0328. The van der Waals surface area contributed by atoms with E-state index in [4.69, 9.17) is 14.2 Å². The molecule has 2 aliphatic rings. The number of hydrogen-bond acceptors (Lipinski definition) is 5. The van der Waals surface area contributed by atoms with Gasteiger partial charge in [-0.3, -0.25) is 4.79 Å². The molecule has 3 rings (SSSR count). The topological polar surface area (TPSA) is 60.0 Å². The van der Waals surface area contributed by atoms with Gasteiger partial charge < -0.3 is 24.4 Å². The molecule has 1 aromatic carbocycles. The minimum atomic E-state index is -0.140. The number of ether oxygens (including phenoxy) is 3. The highest BCUT2D eigenvalue weighted by Crippen LogP contribution is 2.31. The van der Waals surface area contributed by atoms with Crippen LogP contribution in [0.2, 0.25) is 0 Å². The molecule has 6 heteroatoms. The summed E-state index contributed by atoms with van der Waals surface area (Å²) in [6.45, 7) is 5.89. The van der Waals surface area contributed by atoms with Gasteiger partial charge in [-0.2, -0.15) is 0 Å². The lowest BCUT2D eigenvalue weighted by molar-refractivity contribution is -0.136. The third-order valence-corrected chi connectivity index (χ3v) is 4.13. The summed E-state index contributed by atoms with van der Waals surface area (Å²) >= 11 is 0. The lowest BCUT2D eigenvalue weighted by Crippen LogP contribution is -2.46. The number of nitrogens with one attached hydrogen (secondary N) is 1. The lowest BCUT2D eigenvalue weighted by Gasteiger charge is -2.32. The number of para-hydroxylation sites is 2. The fraction of sp³-hybridized carbons (Fsp3) is 0.588. The molecular formula is C17H24N2O4. The Bertz CT molecular complexity index is 531. The van der Waals surface area contributed by atoms with Crippen molar-refractivity contribution in [3.05, 3.63) is 24.3 Å². The predicted octanol–water partition coefficient (Wildman–Crippen LogP) is 1.05. The molecule has 2 aliphatic heterocycles. The summed E-state index contributed by atoms with van der Waals surface area (Å²) in [6, 6.07) is 7.62. The van der Waals surface area contributed by atoms with E-state index in [1.165, 1.54) is 0 Å². The molecule has 1 amide bonds. The first-order valence-corrected chi connectivity index (χ1v) is 8.25. The maximum Gasteiger partial charge on any atom is 0.225 e. The fourth-order valence-electron chi connectivity index (χ4n) is 2.88. The number of likely N-dealkylation sites (N-methyl/N-ethyl adjacent to an activating group) is 1. The van der Waals surface area contributed by atoms with Crippen LogP contribution in [-0.2, 0) is 9.53 Å². The Balaban J connectivity index is 1.54. The van der Waals surface area contributed by atoms with Gasteiger partial charge in [-0.05, 0) is 19.1 Å². The van der Waals surface area contributed by atoms with E-state index in [2.05, 4.69) is 5.32 Å². The molecule has 1 saturated heterocycles. The molecule has 0 bridgehead atoms. The average Bonchev–Trinajstić information content (AvgIpc) is 2.60. The van der Waals surface area contributed by atoms with E-state index in [1.807, 2.05) is 36.1 Å². The summed E-state index contributed by atoms with van der Waals surface area (Å²) in [6.07, 6.45) is 0.235. The van der Waals surface area contributed by atoms with Crippen LogP contribution in [0.4, 0.5) is 0 Å². The second kappa shape index (κ2) is 7.66. The normalized spacial score (nSPS) is 23.3. The number of morpholine rings is 1. The lowest BCUT2D eigenvalue weighted by atomic mass is 10.2. The van der Waals surface area contributed by atoms with Crippen LogP contribution in [0.15, 0.2) is 24.3 Å². The van der Waals surface area contributed by atoms with Crippen molar-refractivity contribution in [3.8, 4) is 11.5 Å². The fourth-order valence-corrected chi connectivity index (χ4v) is 2.88. The summed E-state index contributed by atoms with van der Waals surface area (Å²) in [5, 5.41) is 3.25. The molecule has 1 fully saturated rings. The molecule has 1 aromatic rings. The molecule has 0 aromatic heterocycles. The Labute approximate surface area is 136 Å². The van der Waals surface area contributed by atoms with Crippen LogP contribution < -0.4 is 14.8 Å². The van der Waals surface area contributed by atoms with Crippen molar-refractivity contribution in [2.45, 2.75) is 25.6 Å². The van der Waals surface area contributed by atoms with Crippen molar-refractivity contribution in [2.24, 2.45) is 0 Å². The average molecular weight is 320 g/mol. The summed E-state index contributed by atoms with van der Waals surface area (Å²) in [5.74, 6) is 1.61. The first-order valence-electron chi connectivity index (χ1n) is 8.25. The Kier molecular flexibility index (Phi) is 5.35. The van der Waals surface area contributed by atoms with Gasteiger partial charge in [-0.25, -0.2) is 0 Å². The monoisotopic (exact) mass is 320 g/mol. The van der Waals surface area contributed by atoms with Gasteiger partial charge in [0.2, 0.25) is 5.91 Å². The largest absolute Gasteiger partial charge is 0.486 e. The molecule has 0 radical (unpaired) electrons. The van der Waals surface area contributed by atoms with Gasteiger partial charge in [-0.1, -0.05) is 12.1 Å². The van der Waals surface area contributed by atoms with E-state index >= 15 is 0 Å². The zero-order valence-electron chi connectivity index (χ0n) is 13.5. The van der Waals surface area contributed by atoms with Crippen molar-refractivity contribution in [3.63, 3.8) is 0 Å². The first-order chi connectivity index (χ1) is 11.3. The van der Waals surface area contributed by atoms with E-state index in [9.17, 15) is 4.79 Å². The Morgan fingerprint density at radius 2 is 2.13 bits per heavy atom. The van der Waals surface area contributed by atoms with Crippen molar-refractivity contribution in [1.29, 1.82) is 0 Å². The molecule has 2 heterocycles. The summed E-state index contributed by atoms with van der Waals surface area (Å²) in [4.78, 5) is 14.3. The van der Waals surface area contributed by atoms with Crippen LogP contribution in [0, 0.1) is 0 Å². The number of hydrogen-bond donors (Lipinski definition) is 1. The number of fused-ring (bicyclic) bond motifs is 1. The van der Waals surface area contributed by atoms with E-state index in [0.29, 0.717) is 32.7 Å². The molecule has 6 nitrogen and oxygen atoms in total. The van der Waals surface area contributed by atoms with Crippen LogP contribution >= 0.6 is 0 Å². The molecular weight excluding hydrogens is 296 g/mol. The predicted molar refractivity (Wildman–Crippen MR) is 85.8 cm³/mol. The minimum Gasteiger partial charge on any atom is -0.486 e. The van der Waals surface area contributed by atoms with E-state index in [1.54, 1.807) is 0 Å². The van der Waals surface area contributed by atoms with Gasteiger partial charge in [-0.15, -0.1) is 0 Å². The van der Waals surface area contributed by atoms with E-state index < -0.39 is 0 Å². The zero-order chi connectivity index (χ0) is 16.1. The number of amides is 1. The van der Waals surface area contributed by atoms with Crippen molar-refractivity contribution >= 4 is 5.91 Å². The van der Waals surface area contributed by atoms with Gasteiger partial charge in [0.25, 0.3) is 0 Å². The van der Waals surface area contributed by atoms with Crippen LogP contribution in [0.1, 0.15) is 13.3 Å². The van der Waals surface area contributed by atoms with Crippen molar-refractivity contribution in [2.75, 3.05) is 39.4 Å². The number of nitrogens with zero attached hydrogens (tertiary/aromatic N) is 1. The third kappa shape index (κ3) is 4.14. The summed E-state index contributed by atoms with van der Waals surface area (Å²) < 4.78 is 17.3. The number of benzene rings is 1. The Morgan fingerprint density at radius 3 is 2.87 bits per heavy atom. The highest BCUT2D eigenvalue weighted by Gasteiger charge is 2.26. The number of carbonyl (C=O) groups excluding carboxylic acids is 1. The van der Waals surface area contributed by atoms with Crippen LogP contribution in [-0.4, -0.2) is 62.4 Å². The third-order valence-electron chi connectivity index (χ3n) is 4.13. The highest BCUT2D eigenvalue weighted by atomic mass is 16.6. The Hall–Kier alpha value is -1.79. The molecule has 2 unspecified atom stereocenters. The van der Waals surface area contributed by atoms with Crippen LogP contribution in [0.5, 0.6) is 11.5 Å². The van der Waals surface area contributed by atoms with Gasteiger partial charge in [0.05, 0.1) is 25.7 Å². The summed E-state index contributed by atoms with van der Waals surface area (Å²) in [5.41, 5.74) is 0. The smallest absolute Gasteiger partial charge is 0.225 e. The highest BCUT2D eigenvalue weighted by molar-refractivity contribution is 5.76. The molecule has 23 heavy (non-hydrogen) atoms. The molecule has 1 N–H and O–H groups in total.